The molecular weight excluding hydrogens is 419 g/mol. The molecule has 1 saturated heterocycles. The molecule has 1 aromatic carbocycles. The van der Waals surface area contributed by atoms with E-state index in [0.29, 0.717) is 43.3 Å². The highest BCUT2D eigenvalue weighted by Gasteiger charge is 2.33. The molecule has 0 radical (unpaired) electrons. The number of hydroxylamine groups is 2. The summed E-state index contributed by atoms with van der Waals surface area (Å²) in [6, 6.07) is 4.58. The minimum absolute atomic E-state index is 0.0526. The molecule has 176 valence electrons. The van der Waals surface area contributed by atoms with Gasteiger partial charge in [0.2, 0.25) is 11.8 Å². The summed E-state index contributed by atoms with van der Waals surface area (Å²) in [5.41, 5.74) is 0.764. The number of anilines is 2. The van der Waals surface area contributed by atoms with Crippen LogP contribution in [0.4, 0.5) is 20.6 Å². The average Bonchev–Trinajstić information content (AvgIpc) is 3.49. The van der Waals surface area contributed by atoms with Crippen LogP contribution in [0.2, 0.25) is 0 Å². The molecule has 1 atom stereocenters. The van der Waals surface area contributed by atoms with Crippen LogP contribution in [0, 0.1) is 11.7 Å². The van der Waals surface area contributed by atoms with E-state index in [-0.39, 0.29) is 24.9 Å². The molecule has 1 saturated carbocycles. The Labute approximate surface area is 187 Å². The monoisotopic (exact) mass is 450 g/mol. The normalized spacial score (nSPS) is 17.8. The first-order valence-electron chi connectivity index (χ1n) is 10.9. The Bertz CT molecular complexity index is 848. The number of halogens is 1. The fourth-order valence-corrected chi connectivity index (χ4v) is 3.67. The van der Waals surface area contributed by atoms with Crippen molar-refractivity contribution >= 4 is 29.3 Å². The van der Waals surface area contributed by atoms with Crippen LogP contribution in [0.15, 0.2) is 18.2 Å². The van der Waals surface area contributed by atoms with E-state index in [1.165, 1.54) is 30.1 Å². The van der Waals surface area contributed by atoms with Crippen LogP contribution in [-0.4, -0.2) is 68.9 Å². The van der Waals surface area contributed by atoms with Crippen LogP contribution < -0.4 is 15.1 Å². The zero-order valence-corrected chi connectivity index (χ0v) is 18.8. The van der Waals surface area contributed by atoms with Crippen molar-refractivity contribution in [2.24, 2.45) is 5.92 Å². The van der Waals surface area contributed by atoms with Gasteiger partial charge in [-0.1, -0.05) is 0 Å². The van der Waals surface area contributed by atoms with Gasteiger partial charge in [0.15, 0.2) is 0 Å². The first kappa shape index (κ1) is 23.8. The second-order valence-electron chi connectivity index (χ2n) is 8.09. The van der Waals surface area contributed by atoms with Crippen molar-refractivity contribution in [1.82, 2.24) is 10.4 Å². The van der Waals surface area contributed by atoms with Crippen molar-refractivity contribution in [1.29, 1.82) is 0 Å². The van der Waals surface area contributed by atoms with Crippen molar-refractivity contribution in [3.8, 4) is 0 Å². The molecule has 10 heteroatoms. The van der Waals surface area contributed by atoms with E-state index >= 15 is 0 Å². The third-order valence-electron chi connectivity index (χ3n) is 5.65. The van der Waals surface area contributed by atoms with Gasteiger partial charge in [0, 0.05) is 26.4 Å². The Morgan fingerprint density at radius 2 is 2.06 bits per heavy atom. The van der Waals surface area contributed by atoms with Crippen LogP contribution in [0.5, 0.6) is 0 Å². The summed E-state index contributed by atoms with van der Waals surface area (Å²) in [6.45, 7) is 4.98. The molecule has 0 unspecified atom stereocenters. The molecule has 3 amide bonds. The van der Waals surface area contributed by atoms with Crippen LogP contribution >= 0.6 is 0 Å². The zero-order chi connectivity index (χ0) is 23.3. The number of carbonyl (C=O) groups excluding carboxylic acids is 3. The molecule has 1 aliphatic carbocycles. The first-order chi connectivity index (χ1) is 15.3. The van der Waals surface area contributed by atoms with Crippen LogP contribution in [-0.2, 0) is 19.2 Å². The molecule has 2 aliphatic rings. The molecule has 0 aromatic heterocycles. The highest BCUT2D eigenvalue weighted by atomic mass is 19.1. The van der Waals surface area contributed by atoms with Crippen molar-refractivity contribution in [3.05, 3.63) is 24.0 Å². The highest BCUT2D eigenvalue weighted by molar-refractivity contribution is 5.90. The predicted molar refractivity (Wildman–Crippen MR) is 117 cm³/mol. The molecule has 3 rings (SSSR count). The number of benzene rings is 1. The molecule has 1 heterocycles. The van der Waals surface area contributed by atoms with Gasteiger partial charge < -0.3 is 15.0 Å². The van der Waals surface area contributed by atoms with Gasteiger partial charge in [0.05, 0.1) is 38.1 Å². The number of rotatable bonds is 11. The molecular formula is C22H31FN4O5. The van der Waals surface area contributed by atoms with E-state index in [9.17, 15) is 18.8 Å². The number of hydrogen-bond donors (Lipinski definition) is 1. The summed E-state index contributed by atoms with van der Waals surface area (Å²) < 4.78 is 20.2. The van der Waals surface area contributed by atoms with Gasteiger partial charge in [-0.25, -0.2) is 14.2 Å². The third kappa shape index (κ3) is 6.09. The van der Waals surface area contributed by atoms with E-state index in [2.05, 4.69) is 5.32 Å². The Morgan fingerprint density at radius 1 is 1.31 bits per heavy atom. The molecule has 0 spiro atoms. The minimum atomic E-state index is -0.579. The van der Waals surface area contributed by atoms with Gasteiger partial charge in [0.1, 0.15) is 11.9 Å². The van der Waals surface area contributed by atoms with Gasteiger partial charge in [0.25, 0.3) is 0 Å². The SMILES string of the molecule is CCN(CCN(OC)C(=O)CC1CC1)c1ccc(N2C[C@H](CNC(C)=O)OC2=O)cc1F. The number of carbonyl (C=O) groups is 3. The Balaban J connectivity index is 1.61. The Morgan fingerprint density at radius 3 is 2.66 bits per heavy atom. The molecule has 32 heavy (non-hydrogen) atoms. The summed E-state index contributed by atoms with van der Waals surface area (Å²) in [5.74, 6) is -0.280. The van der Waals surface area contributed by atoms with Gasteiger partial charge >= 0.3 is 6.09 Å². The van der Waals surface area contributed by atoms with Crippen molar-refractivity contribution in [2.45, 2.75) is 39.2 Å². The molecule has 1 aromatic rings. The van der Waals surface area contributed by atoms with E-state index in [0.717, 1.165) is 12.8 Å². The summed E-state index contributed by atoms with van der Waals surface area (Å²) in [4.78, 5) is 43.9. The van der Waals surface area contributed by atoms with Gasteiger partial charge in [-0.3, -0.25) is 19.3 Å². The zero-order valence-electron chi connectivity index (χ0n) is 18.8. The minimum Gasteiger partial charge on any atom is -0.442 e. The lowest BCUT2D eigenvalue weighted by atomic mass is 10.2. The summed E-state index contributed by atoms with van der Waals surface area (Å²) in [7, 11) is 1.46. The second kappa shape index (κ2) is 10.6. The number of likely N-dealkylation sites (N-methyl/N-ethyl adjacent to an activating group) is 1. The topological polar surface area (TPSA) is 91.4 Å². The Kier molecular flexibility index (Phi) is 7.89. The number of nitrogens with zero attached hydrogens (tertiary/aromatic N) is 3. The van der Waals surface area contributed by atoms with E-state index in [4.69, 9.17) is 9.57 Å². The highest BCUT2D eigenvalue weighted by Crippen LogP contribution is 2.33. The maximum absolute atomic E-state index is 15.0. The maximum Gasteiger partial charge on any atom is 0.414 e. The van der Waals surface area contributed by atoms with E-state index in [1.807, 2.05) is 11.8 Å². The van der Waals surface area contributed by atoms with Gasteiger partial charge in [-0.15, -0.1) is 0 Å². The first-order valence-corrected chi connectivity index (χ1v) is 10.9. The fourth-order valence-electron chi connectivity index (χ4n) is 3.67. The van der Waals surface area contributed by atoms with Crippen molar-refractivity contribution < 1.29 is 28.3 Å². The number of amides is 3. The maximum atomic E-state index is 15.0. The number of hydrogen-bond acceptors (Lipinski definition) is 6. The lowest BCUT2D eigenvalue weighted by Gasteiger charge is -2.28. The molecule has 2 fully saturated rings. The quantitative estimate of drug-likeness (QED) is 0.520. The molecule has 1 aliphatic heterocycles. The van der Waals surface area contributed by atoms with Crippen LogP contribution in [0.25, 0.3) is 0 Å². The number of ether oxygens (including phenoxy) is 1. The van der Waals surface area contributed by atoms with Crippen molar-refractivity contribution in [2.75, 3.05) is 49.6 Å². The molecule has 9 nitrogen and oxygen atoms in total. The Hall–Kier alpha value is -2.88. The van der Waals surface area contributed by atoms with Crippen LogP contribution in [0.3, 0.4) is 0 Å². The summed E-state index contributed by atoms with van der Waals surface area (Å²) in [5, 5.41) is 3.95. The molecule has 1 N–H and O–H groups in total. The second-order valence-corrected chi connectivity index (χ2v) is 8.09. The average molecular weight is 451 g/mol. The lowest BCUT2D eigenvalue weighted by molar-refractivity contribution is -0.175. The summed E-state index contributed by atoms with van der Waals surface area (Å²) in [6.07, 6.45) is 1.58. The lowest BCUT2D eigenvalue weighted by Crippen LogP contribution is -2.38. The third-order valence-corrected chi connectivity index (χ3v) is 5.65. The largest absolute Gasteiger partial charge is 0.442 e. The number of cyclic esters (lactones) is 1. The number of nitrogens with one attached hydrogen (secondary N) is 1. The van der Waals surface area contributed by atoms with Gasteiger partial charge in [-0.05, 0) is 43.9 Å². The van der Waals surface area contributed by atoms with Gasteiger partial charge in [-0.2, -0.15) is 0 Å². The molecule has 0 bridgehead atoms. The van der Waals surface area contributed by atoms with E-state index in [1.54, 1.807) is 12.1 Å². The summed E-state index contributed by atoms with van der Waals surface area (Å²) >= 11 is 0. The fraction of sp³-hybridized carbons (Fsp3) is 0.591. The van der Waals surface area contributed by atoms with Crippen molar-refractivity contribution in [3.63, 3.8) is 0 Å². The van der Waals surface area contributed by atoms with E-state index < -0.39 is 18.0 Å². The smallest absolute Gasteiger partial charge is 0.414 e. The van der Waals surface area contributed by atoms with Crippen LogP contribution in [0.1, 0.15) is 33.1 Å². The standard InChI is InChI=1S/C22H31FN4O5/c1-4-25(9-10-27(31-3)21(29)11-16-5-6-16)20-8-7-17(12-19(20)23)26-14-18(32-22(26)30)13-24-15(2)28/h7-8,12,16,18H,4-6,9-11,13-14H2,1-3H3,(H,24,28)/t18-/m0/s1. The predicted octanol–water partition coefficient (Wildman–Crippen LogP) is 2.30.